The third-order valence-electron chi connectivity index (χ3n) is 6.86. The van der Waals surface area contributed by atoms with Crippen molar-refractivity contribution in [2.45, 2.75) is 97.4 Å². The molecule has 39 heavy (non-hydrogen) atoms. The first-order valence-electron chi connectivity index (χ1n) is 14.4. The molecule has 1 N–H and O–H groups in total. The van der Waals surface area contributed by atoms with Crippen LogP contribution in [0.25, 0.3) is 0 Å². The van der Waals surface area contributed by atoms with Gasteiger partial charge in [0.2, 0.25) is 0 Å². The number of anilines is 1. The Morgan fingerprint density at radius 3 is 2.23 bits per heavy atom. The highest BCUT2D eigenvalue weighted by Gasteiger charge is 2.15. The molecule has 0 bridgehead atoms. The molecule has 1 heterocycles. The zero-order chi connectivity index (χ0) is 27.0. The van der Waals surface area contributed by atoms with Crippen molar-refractivity contribution in [3.05, 3.63) is 69.7 Å². The van der Waals surface area contributed by atoms with Crippen LogP contribution in [0.4, 0.5) is 5.69 Å². The van der Waals surface area contributed by atoms with Crippen molar-refractivity contribution in [3.8, 4) is 5.75 Å². The molecule has 0 fully saturated rings. The Morgan fingerprint density at radius 1 is 0.949 bits per heavy atom. The Labute approximate surface area is 256 Å². The van der Waals surface area contributed by atoms with Gasteiger partial charge in [-0.2, -0.15) is 0 Å². The summed E-state index contributed by atoms with van der Waals surface area (Å²) < 4.78 is 6.06. The van der Waals surface area contributed by atoms with Gasteiger partial charge in [-0.15, -0.1) is 28.7 Å². The van der Waals surface area contributed by atoms with E-state index in [1.165, 1.54) is 69.1 Å². The van der Waals surface area contributed by atoms with Crippen LogP contribution in [0.15, 0.2) is 53.6 Å². The number of para-hydroxylation sites is 1. The monoisotopic (exact) mass is 636 g/mol. The second kappa shape index (κ2) is 19.4. The van der Waals surface area contributed by atoms with Crippen molar-refractivity contribution < 1.29 is 9.53 Å². The minimum absolute atomic E-state index is 0. The van der Waals surface area contributed by atoms with Gasteiger partial charge in [-0.1, -0.05) is 107 Å². The number of carbonyl (C=O) groups excluding carboxylic acids is 1. The number of ether oxygens (including phenoxy) is 1. The maximum atomic E-state index is 13.1. The quantitative estimate of drug-likeness (QED) is 0.165. The molecule has 7 heteroatoms. The molecular weight excluding hydrogens is 592 g/mol. The average Bonchev–Trinajstić information content (AvgIpc) is 3.32. The van der Waals surface area contributed by atoms with Gasteiger partial charge in [0, 0.05) is 18.3 Å². The molecule has 0 aromatic heterocycles. The molecule has 0 aliphatic carbocycles. The smallest absolute Gasteiger partial charge is 0.255 e. The average molecular weight is 638 g/mol. The fourth-order valence-corrected chi connectivity index (χ4v) is 5.71. The molecule has 2 aromatic carbocycles. The van der Waals surface area contributed by atoms with Crippen molar-refractivity contribution in [2.24, 2.45) is 0 Å². The van der Waals surface area contributed by atoms with Crippen molar-refractivity contribution in [1.29, 1.82) is 0 Å². The summed E-state index contributed by atoms with van der Waals surface area (Å²) >= 11 is 8.29. The van der Waals surface area contributed by atoms with E-state index < -0.39 is 0 Å². The van der Waals surface area contributed by atoms with Gasteiger partial charge in [-0.3, -0.25) is 4.79 Å². The molecule has 2 aromatic rings. The molecule has 0 saturated heterocycles. The molecule has 0 atom stereocenters. The van der Waals surface area contributed by atoms with Crippen LogP contribution < -0.4 is 10.1 Å². The normalized spacial score (nSPS) is 12.7. The molecule has 0 unspecified atom stereocenters. The maximum Gasteiger partial charge on any atom is 0.255 e. The lowest BCUT2D eigenvalue weighted by molar-refractivity contribution is 0.102. The number of allylic oxidation sites excluding steroid dienone is 1. The fourth-order valence-electron chi connectivity index (χ4n) is 4.72. The number of benzene rings is 2. The van der Waals surface area contributed by atoms with Crippen LogP contribution in [0.2, 0.25) is 5.02 Å². The highest BCUT2D eigenvalue weighted by molar-refractivity contribution is 8.93. The molecule has 216 valence electrons. The Kier molecular flexibility index (Phi) is 16.7. The van der Waals surface area contributed by atoms with E-state index >= 15 is 0 Å². The number of amides is 1. The number of thioether (sulfide) groups is 1. The van der Waals surface area contributed by atoms with Gasteiger partial charge < -0.3 is 15.0 Å². The van der Waals surface area contributed by atoms with Gasteiger partial charge in [-0.05, 0) is 48.1 Å². The molecule has 4 nitrogen and oxygen atoms in total. The standard InChI is InChI=1S/C32H45ClN2O2S.BrH/c1-3-4-5-6-7-8-9-10-11-12-13-14-21-37-31-29(33)19-16-20-30(31)34-32(36)28-18-15-17-27(22-28)24-35-23-26(2)38-25-35;/h15-20,22-23H,3-14,21,24-25H2,1-2H3,(H,34,36);1H. The first-order valence-corrected chi connectivity index (χ1v) is 15.8. The van der Waals surface area contributed by atoms with Crippen LogP contribution in [-0.2, 0) is 6.54 Å². The SMILES string of the molecule is Br.CCCCCCCCCCCCCCOc1c(Cl)cccc1NC(=O)c1cccc(CN2C=C(C)SC2)c1. The van der Waals surface area contributed by atoms with E-state index in [1.807, 2.05) is 42.1 Å². The fraction of sp³-hybridized carbons (Fsp3) is 0.531. The molecular formula is C32H46BrClN2O2S. The van der Waals surface area contributed by atoms with Crippen molar-refractivity contribution >= 4 is 51.9 Å². The van der Waals surface area contributed by atoms with Gasteiger partial charge in [-0.25, -0.2) is 0 Å². The lowest BCUT2D eigenvalue weighted by atomic mass is 10.1. The summed E-state index contributed by atoms with van der Waals surface area (Å²) in [6.45, 7) is 5.78. The first kappa shape index (κ1) is 33.6. The number of hydrogen-bond donors (Lipinski definition) is 1. The summed E-state index contributed by atoms with van der Waals surface area (Å²) in [5, 5.41) is 3.53. The van der Waals surface area contributed by atoms with Gasteiger partial charge in [0.05, 0.1) is 23.2 Å². The number of nitrogens with one attached hydrogen (secondary N) is 1. The van der Waals surface area contributed by atoms with E-state index in [9.17, 15) is 4.79 Å². The van der Waals surface area contributed by atoms with Crippen LogP contribution in [0.1, 0.15) is 107 Å². The van der Waals surface area contributed by atoms with Crippen LogP contribution >= 0.6 is 40.3 Å². The number of hydrogen-bond acceptors (Lipinski definition) is 4. The number of carbonyl (C=O) groups is 1. The van der Waals surface area contributed by atoms with E-state index in [-0.39, 0.29) is 22.9 Å². The highest BCUT2D eigenvalue weighted by atomic mass is 79.9. The third-order valence-corrected chi connectivity index (χ3v) is 8.18. The first-order chi connectivity index (χ1) is 18.6. The van der Waals surface area contributed by atoms with Gasteiger partial charge in [0.15, 0.2) is 5.75 Å². The molecule has 0 saturated carbocycles. The number of halogens is 2. The zero-order valence-electron chi connectivity index (χ0n) is 23.7. The number of unbranched alkanes of at least 4 members (excludes halogenated alkanes) is 11. The summed E-state index contributed by atoms with van der Waals surface area (Å²) in [4.78, 5) is 16.6. The van der Waals surface area contributed by atoms with E-state index in [1.54, 1.807) is 6.07 Å². The van der Waals surface area contributed by atoms with Gasteiger partial charge in [0.1, 0.15) is 0 Å². The second-order valence-electron chi connectivity index (χ2n) is 10.3. The van der Waals surface area contributed by atoms with Crippen molar-refractivity contribution in [2.75, 3.05) is 17.8 Å². The lowest BCUT2D eigenvalue weighted by Crippen LogP contribution is -2.15. The van der Waals surface area contributed by atoms with Crippen LogP contribution in [-0.4, -0.2) is 23.3 Å². The maximum absolute atomic E-state index is 13.1. The van der Waals surface area contributed by atoms with Crippen LogP contribution in [0.3, 0.4) is 0 Å². The Hall–Kier alpha value is -1.63. The summed E-state index contributed by atoms with van der Waals surface area (Å²) in [6, 6.07) is 13.3. The van der Waals surface area contributed by atoms with Gasteiger partial charge in [0.25, 0.3) is 5.91 Å². The van der Waals surface area contributed by atoms with E-state index in [0.717, 1.165) is 30.8 Å². The Morgan fingerprint density at radius 2 is 1.59 bits per heavy atom. The second-order valence-corrected chi connectivity index (χ2v) is 11.9. The van der Waals surface area contributed by atoms with Crippen LogP contribution in [0, 0.1) is 0 Å². The molecule has 1 aliphatic heterocycles. The van der Waals surface area contributed by atoms with E-state index in [0.29, 0.717) is 28.6 Å². The van der Waals surface area contributed by atoms with Crippen molar-refractivity contribution in [3.63, 3.8) is 0 Å². The van der Waals surface area contributed by atoms with Crippen LogP contribution in [0.5, 0.6) is 5.75 Å². The summed E-state index contributed by atoms with van der Waals surface area (Å²) in [7, 11) is 0. The van der Waals surface area contributed by atoms with Crippen molar-refractivity contribution in [1.82, 2.24) is 4.90 Å². The molecule has 3 rings (SSSR count). The largest absolute Gasteiger partial charge is 0.490 e. The molecule has 1 aliphatic rings. The predicted octanol–water partition coefficient (Wildman–Crippen LogP) is 10.6. The minimum Gasteiger partial charge on any atom is -0.490 e. The molecule has 0 spiro atoms. The topological polar surface area (TPSA) is 41.6 Å². The van der Waals surface area contributed by atoms with E-state index in [2.05, 4.69) is 36.3 Å². The zero-order valence-corrected chi connectivity index (χ0v) is 27.0. The molecule has 0 radical (unpaired) electrons. The van der Waals surface area contributed by atoms with Gasteiger partial charge >= 0.3 is 0 Å². The van der Waals surface area contributed by atoms with E-state index in [4.69, 9.17) is 16.3 Å². The summed E-state index contributed by atoms with van der Waals surface area (Å²) in [6.07, 6.45) is 17.8. The lowest BCUT2D eigenvalue weighted by Gasteiger charge is -2.16. The summed E-state index contributed by atoms with van der Waals surface area (Å²) in [5.74, 6) is 1.34. The number of nitrogens with zero attached hydrogens (tertiary/aromatic N) is 1. The molecule has 1 amide bonds. The number of rotatable bonds is 18. The predicted molar refractivity (Wildman–Crippen MR) is 175 cm³/mol. The highest BCUT2D eigenvalue weighted by Crippen LogP contribution is 2.33. The Balaban J connectivity index is 0.00000533. The Bertz CT molecular complexity index is 1030. The third kappa shape index (κ3) is 12.6. The summed E-state index contributed by atoms with van der Waals surface area (Å²) in [5.41, 5.74) is 2.35. The minimum atomic E-state index is -0.160.